The fourth-order valence-corrected chi connectivity index (χ4v) is 4.79. The lowest BCUT2D eigenvalue weighted by Crippen LogP contribution is -2.25. The van der Waals surface area contributed by atoms with Gasteiger partial charge in [-0.3, -0.25) is 0 Å². The molecule has 156 valence electrons. The summed E-state index contributed by atoms with van der Waals surface area (Å²) in [6, 6.07) is 6.39. The Morgan fingerprint density at radius 2 is 1.57 bits per heavy atom. The van der Waals surface area contributed by atoms with E-state index in [0.29, 0.717) is 23.1 Å². The van der Waals surface area contributed by atoms with Gasteiger partial charge in [0.1, 0.15) is 11.3 Å². The van der Waals surface area contributed by atoms with Crippen LogP contribution >= 0.6 is 0 Å². The molecule has 5 nitrogen and oxygen atoms in total. The number of unbranched alkanes of at least 4 members (excludes halogenated alkanes) is 9. The molecule has 2 aromatic rings. The van der Waals surface area contributed by atoms with Gasteiger partial charge in [-0.2, -0.15) is 0 Å². The van der Waals surface area contributed by atoms with Crippen molar-refractivity contribution in [1.29, 1.82) is 0 Å². The smallest absolute Gasteiger partial charge is 0.241 e. The van der Waals surface area contributed by atoms with Crippen molar-refractivity contribution in [2.24, 2.45) is 0 Å². The van der Waals surface area contributed by atoms with Crippen LogP contribution in [0.4, 0.5) is 0 Å². The topological polar surface area (TPSA) is 79.3 Å². The van der Waals surface area contributed by atoms with Crippen LogP contribution in [0.25, 0.3) is 10.9 Å². The zero-order valence-corrected chi connectivity index (χ0v) is 18.0. The van der Waals surface area contributed by atoms with Crippen LogP contribution in [-0.4, -0.2) is 25.1 Å². The van der Waals surface area contributed by atoms with E-state index < -0.39 is 10.0 Å². The Bertz CT molecular complexity index is 850. The van der Waals surface area contributed by atoms with Gasteiger partial charge in [0.05, 0.1) is 4.90 Å². The van der Waals surface area contributed by atoms with Gasteiger partial charge in [0.2, 0.25) is 10.0 Å². The van der Waals surface area contributed by atoms with Crippen molar-refractivity contribution < 1.29 is 13.5 Å². The van der Waals surface area contributed by atoms with Gasteiger partial charge < -0.3 is 5.11 Å². The molecule has 0 aliphatic carbocycles. The monoisotopic (exact) mass is 406 g/mol. The van der Waals surface area contributed by atoms with E-state index >= 15 is 0 Å². The highest BCUT2D eigenvalue weighted by molar-refractivity contribution is 7.89. The van der Waals surface area contributed by atoms with Crippen LogP contribution in [0.1, 0.15) is 76.8 Å². The number of para-hydroxylation sites is 1. The summed E-state index contributed by atoms with van der Waals surface area (Å²) in [4.78, 5) is 4.45. The van der Waals surface area contributed by atoms with Crippen molar-refractivity contribution in [2.75, 3.05) is 6.54 Å². The maximum absolute atomic E-state index is 12.7. The number of benzene rings is 1. The molecule has 0 spiro atoms. The zero-order chi connectivity index (χ0) is 20.4. The second-order valence-electron chi connectivity index (χ2n) is 7.51. The molecule has 6 heteroatoms. The number of hydrogen-bond donors (Lipinski definition) is 2. The highest BCUT2D eigenvalue weighted by Gasteiger charge is 2.19. The molecule has 1 aromatic heterocycles. The quantitative estimate of drug-likeness (QED) is 0.434. The number of aryl methyl sites for hydroxylation is 1. The van der Waals surface area contributed by atoms with Gasteiger partial charge in [0.25, 0.3) is 0 Å². The number of hydrogen-bond acceptors (Lipinski definition) is 4. The van der Waals surface area contributed by atoms with Crippen molar-refractivity contribution in [3.05, 3.63) is 30.0 Å². The standard InChI is InChI=1S/C22H34N2O3S/c1-3-4-5-6-7-8-9-10-11-12-16-23-28(26,27)21-17-18(2)24-22-19(21)14-13-15-20(22)25/h13-15,17,23,25H,3-12,16H2,1-2H3. The third-order valence-electron chi connectivity index (χ3n) is 5.02. The first kappa shape index (κ1) is 22.6. The largest absolute Gasteiger partial charge is 0.506 e. The Morgan fingerprint density at radius 3 is 2.21 bits per heavy atom. The van der Waals surface area contributed by atoms with E-state index in [4.69, 9.17) is 0 Å². The molecule has 2 N–H and O–H groups in total. The predicted molar refractivity (Wildman–Crippen MR) is 115 cm³/mol. The number of fused-ring (bicyclic) bond motifs is 1. The molecule has 0 aliphatic heterocycles. The Labute approximate surface area is 169 Å². The van der Waals surface area contributed by atoms with Crippen molar-refractivity contribution in [3.8, 4) is 5.75 Å². The molecule has 1 heterocycles. The minimum Gasteiger partial charge on any atom is -0.506 e. The van der Waals surface area contributed by atoms with Crippen LogP contribution in [0.5, 0.6) is 5.75 Å². The van der Waals surface area contributed by atoms with Gasteiger partial charge in [0, 0.05) is 17.6 Å². The van der Waals surface area contributed by atoms with Gasteiger partial charge in [-0.1, -0.05) is 76.8 Å². The van der Waals surface area contributed by atoms with E-state index in [1.807, 2.05) is 0 Å². The molecule has 0 bridgehead atoms. The molecular weight excluding hydrogens is 372 g/mol. The molecule has 2 rings (SSSR count). The van der Waals surface area contributed by atoms with Gasteiger partial charge in [-0.15, -0.1) is 0 Å². The molecule has 0 fully saturated rings. The number of nitrogens with zero attached hydrogens (tertiary/aromatic N) is 1. The highest BCUT2D eigenvalue weighted by atomic mass is 32.2. The van der Waals surface area contributed by atoms with Crippen molar-refractivity contribution in [2.45, 2.75) is 83.0 Å². The number of aromatic hydroxyl groups is 1. The van der Waals surface area contributed by atoms with Crippen LogP contribution in [-0.2, 0) is 10.0 Å². The number of phenolic OH excluding ortho intramolecular Hbond substituents is 1. The predicted octanol–water partition coefficient (Wildman–Crippen LogP) is 5.45. The Morgan fingerprint density at radius 1 is 0.964 bits per heavy atom. The molecule has 0 unspecified atom stereocenters. The molecule has 0 aliphatic rings. The molecule has 0 atom stereocenters. The fourth-order valence-electron chi connectivity index (χ4n) is 3.44. The summed E-state index contributed by atoms with van der Waals surface area (Å²) >= 11 is 0. The van der Waals surface area contributed by atoms with E-state index in [1.54, 1.807) is 25.1 Å². The Balaban J connectivity index is 1.79. The summed E-state index contributed by atoms with van der Waals surface area (Å²) in [5, 5.41) is 10.4. The third-order valence-corrected chi connectivity index (χ3v) is 6.52. The SMILES string of the molecule is CCCCCCCCCCCCNS(=O)(=O)c1cc(C)nc2c(O)cccc12. The number of pyridine rings is 1. The minimum atomic E-state index is -3.64. The van der Waals surface area contributed by atoms with Crippen LogP contribution in [0, 0.1) is 6.92 Å². The van der Waals surface area contributed by atoms with E-state index in [1.165, 1.54) is 51.0 Å². The summed E-state index contributed by atoms with van der Waals surface area (Å²) in [5.41, 5.74) is 0.884. The van der Waals surface area contributed by atoms with E-state index in [2.05, 4.69) is 16.6 Å². The minimum absolute atomic E-state index is 0.00709. The Hall–Kier alpha value is -1.66. The Kier molecular flexibility index (Phi) is 9.19. The van der Waals surface area contributed by atoms with Crippen molar-refractivity contribution in [1.82, 2.24) is 9.71 Å². The average molecular weight is 407 g/mol. The van der Waals surface area contributed by atoms with Crippen LogP contribution < -0.4 is 4.72 Å². The van der Waals surface area contributed by atoms with Crippen LogP contribution in [0.3, 0.4) is 0 Å². The lowest BCUT2D eigenvalue weighted by Gasteiger charge is -2.11. The molecule has 0 radical (unpaired) electrons. The molecule has 1 aromatic carbocycles. The summed E-state index contributed by atoms with van der Waals surface area (Å²) < 4.78 is 28.2. The molecule has 0 saturated heterocycles. The normalized spacial score (nSPS) is 11.9. The first-order valence-corrected chi connectivity index (χ1v) is 12.0. The van der Waals surface area contributed by atoms with E-state index in [0.717, 1.165) is 19.3 Å². The van der Waals surface area contributed by atoms with Gasteiger partial charge in [-0.05, 0) is 25.5 Å². The maximum Gasteiger partial charge on any atom is 0.241 e. The molecule has 0 saturated carbocycles. The van der Waals surface area contributed by atoms with E-state index in [-0.39, 0.29) is 10.6 Å². The maximum atomic E-state index is 12.7. The highest BCUT2D eigenvalue weighted by Crippen LogP contribution is 2.28. The average Bonchev–Trinajstić information content (AvgIpc) is 2.66. The lowest BCUT2D eigenvalue weighted by atomic mass is 10.1. The van der Waals surface area contributed by atoms with Crippen LogP contribution in [0.15, 0.2) is 29.2 Å². The second kappa shape index (κ2) is 11.4. The number of rotatable bonds is 13. The zero-order valence-electron chi connectivity index (χ0n) is 17.2. The van der Waals surface area contributed by atoms with Crippen LogP contribution in [0.2, 0.25) is 0 Å². The number of sulfonamides is 1. The number of phenols is 1. The van der Waals surface area contributed by atoms with Gasteiger partial charge in [0.15, 0.2) is 0 Å². The number of nitrogens with one attached hydrogen (secondary N) is 1. The fraction of sp³-hybridized carbons (Fsp3) is 0.591. The van der Waals surface area contributed by atoms with E-state index in [9.17, 15) is 13.5 Å². The number of aromatic nitrogens is 1. The summed E-state index contributed by atoms with van der Waals surface area (Å²) in [6.45, 7) is 4.39. The van der Waals surface area contributed by atoms with Gasteiger partial charge in [-0.25, -0.2) is 18.1 Å². The summed E-state index contributed by atoms with van der Waals surface area (Å²) in [7, 11) is -3.64. The third kappa shape index (κ3) is 6.74. The summed E-state index contributed by atoms with van der Waals surface area (Å²) in [5.74, 6) is -0.00709. The van der Waals surface area contributed by atoms with Gasteiger partial charge >= 0.3 is 0 Å². The lowest BCUT2D eigenvalue weighted by molar-refractivity contribution is 0.480. The van der Waals surface area contributed by atoms with Crippen molar-refractivity contribution in [3.63, 3.8) is 0 Å². The first-order chi connectivity index (χ1) is 13.5. The molecule has 28 heavy (non-hydrogen) atoms. The summed E-state index contributed by atoms with van der Waals surface area (Å²) in [6.07, 6.45) is 12.2. The molecule has 0 amide bonds. The molecular formula is C22H34N2O3S. The second-order valence-corrected chi connectivity index (χ2v) is 9.25. The van der Waals surface area contributed by atoms with Crippen molar-refractivity contribution >= 4 is 20.9 Å². The first-order valence-electron chi connectivity index (χ1n) is 10.5.